The predicted molar refractivity (Wildman–Crippen MR) is 174 cm³/mol. The molecule has 0 saturated heterocycles. The van der Waals surface area contributed by atoms with Crippen molar-refractivity contribution in [1.29, 1.82) is 0 Å². The summed E-state index contributed by atoms with van der Waals surface area (Å²) in [6.45, 7) is 4.25. The number of fused-ring (bicyclic) bond motifs is 5. The van der Waals surface area contributed by atoms with E-state index >= 15 is 0 Å². The molecule has 1 aromatic carbocycles. The molecular weight excluding hydrogens is 625 g/mol. The van der Waals surface area contributed by atoms with Crippen molar-refractivity contribution in [3.05, 3.63) is 85.0 Å². The van der Waals surface area contributed by atoms with Crippen LogP contribution in [0.5, 0.6) is 0 Å². The number of nitrogens with zero attached hydrogens (tertiary/aromatic N) is 4. The molecule has 14 heteroatoms. The molecule has 4 aromatic rings. The fraction of sp³-hybridized carbons (Fsp3) is 0.406. The van der Waals surface area contributed by atoms with Gasteiger partial charge in [-0.15, -0.1) is 22.7 Å². The van der Waals surface area contributed by atoms with E-state index in [9.17, 15) is 19.2 Å². The first kappa shape index (κ1) is 31.5. The van der Waals surface area contributed by atoms with Crippen LogP contribution in [0, 0.1) is 5.92 Å². The summed E-state index contributed by atoms with van der Waals surface area (Å²) in [5.74, 6) is -1.40. The van der Waals surface area contributed by atoms with Crippen LogP contribution in [0.3, 0.4) is 0 Å². The Bertz CT molecular complexity index is 1730. The highest BCUT2D eigenvalue weighted by molar-refractivity contribution is 7.10. The standard InChI is InChI=1S/C32H36N8O4S2/c1-18(2)26-31-36-23(16-46-31)28(42)33-12-7-13-40(32(44)27-20-10-6-11-21(20)38-39-27)15-25(41)34-22(14-19-8-4-3-5-9-19)30-35-24(17-45-30)29(43)37-26/h3-5,8-9,16-18,22,26H,6-7,10-15H2,1-2H3,(H,33,42)(H,34,41)(H,37,43)(H,38,39)/t22-,26-/m0/s1. The van der Waals surface area contributed by atoms with E-state index in [1.807, 2.05) is 44.2 Å². The number of benzene rings is 1. The molecule has 12 nitrogen and oxygen atoms in total. The van der Waals surface area contributed by atoms with E-state index in [4.69, 9.17) is 0 Å². The van der Waals surface area contributed by atoms with Gasteiger partial charge in [0, 0.05) is 35.1 Å². The third-order valence-electron chi connectivity index (χ3n) is 8.17. The lowest BCUT2D eigenvalue weighted by molar-refractivity contribution is -0.122. The first-order valence-corrected chi connectivity index (χ1v) is 17.2. The van der Waals surface area contributed by atoms with Crippen molar-refractivity contribution in [2.75, 3.05) is 19.6 Å². The van der Waals surface area contributed by atoms with Crippen LogP contribution in [0.15, 0.2) is 41.1 Å². The molecular formula is C32H36N8O4S2. The third-order valence-corrected chi connectivity index (χ3v) is 10.1. The van der Waals surface area contributed by atoms with Crippen LogP contribution in [0.25, 0.3) is 0 Å². The number of rotatable bonds is 4. The summed E-state index contributed by atoms with van der Waals surface area (Å²) >= 11 is 2.61. The molecule has 1 aliphatic carbocycles. The van der Waals surface area contributed by atoms with Gasteiger partial charge in [0.25, 0.3) is 17.7 Å². The van der Waals surface area contributed by atoms with Gasteiger partial charge in [-0.25, -0.2) is 9.97 Å². The van der Waals surface area contributed by atoms with Crippen LogP contribution in [-0.2, 0) is 24.1 Å². The van der Waals surface area contributed by atoms with Crippen molar-refractivity contribution in [2.45, 2.75) is 58.0 Å². The molecule has 6 rings (SSSR count). The lowest BCUT2D eigenvalue weighted by Gasteiger charge is -2.24. The summed E-state index contributed by atoms with van der Waals surface area (Å²) in [7, 11) is 0. The second-order valence-electron chi connectivity index (χ2n) is 11.9. The second kappa shape index (κ2) is 13.9. The zero-order valence-corrected chi connectivity index (χ0v) is 27.3. The SMILES string of the molecule is CC(C)[C@@H]1NC(=O)c2csc(n2)[C@H](Cc2ccccc2)NC(=O)CN(C(=O)c2n[nH]c3c2CCC3)CCCNC(=O)c2csc1n2. The Labute approximate surface area is 274 Å². The predicted octanol–water partition coefficient (Wildman–Crippen LogP) is 3.61. The monoisotopic (exact) mass is 660 g/mol. The van der Waals surface area contributed by atoms with Crippen molar-refractivity contribution >= 4 is 46.3 Å². The molecule has 3 aromatic heterocycles. The molecule has 0 unspecified atom stereocenters. The molecule has 0 fully saturated rings. The van der Waals surface area contributed by atoms with Crippen LogP contribution in [0.2, 0.25) is 0 Å². The largest absolute Gasteiger partial charge is 0.351 e. The number of hydrogen-bond acceptors (Lipinski definition) is 9. The first-order valence-electron chi connectivity index (χ1n) is 15.5. The summed E-state index contributed by atoms with van der Waals surface area (Å²) in [5, 5.41) is 20.8. The molecule has 2 aliphatic rings. The fourth-order valence-electron chi connectivity index (χ4n) is 5.74. The number of carbonyl (C=O) groups excluding carboxylic acids is 4. The first-order chi connectivity index (χ1) is 22.3. The number of thiazole rings is 2. The smallest absolute Gasteiger partial charge is 0.275 e. The van der Waals surface area contributed by atoms with E-state index < -0.39 is 12.1 Å². The van der Waals surface area contributed by atoms with Gasteiger partial charge < -0.3 is 20.9 Å². The Hall–Kier alpha value is -4.43. The Kier molecular flexibility index (Phi) is 9.54. The summed E-state index contributed by atoms with van der Waals surface area (Å²) in [4.78, 5) is 64.5. The molecule has 4 amide bonds. The normalized spacial score (nSPS) is 19.5. The molecule has 4 N–H and O–H groups in total. The van der Waals surface area contributed by atoms with Gasteiger partial charge in [0.2, 0.25) is 5.91 Å². The molecule has 46 heavy (non-hydrogen) atoms. The molecule has 0 spiro atoms. The lowest BCUT2D eigenvalue weighted by atomic mass is 10.0. The average molecular weight is 661 g/mol. The van der Waals surface area contributed by atoms with E-state index in [-0.39, 0.29) is 60.6 Å². The Morgan fingerprint density at radius 1 is 0.957 bits per heavy atom. The van der Waals surface area contributed by atoms with Gasteiger partial charge in [-0.2, -0.15) is 5.10 Å². The number of aromatic nitrogens is 4. The Morgan fingerprint density at radius 2 is 1.70 bits per heavy atom. The van der Waals surface area contributed by atoms with E-state index in [1.54, 1.807) is 10.8 Å². The van der Waals surface area contributed by atoms with Gasteiger partial charge in [-0.05, 0) is 43.6 Å². The maximum Gasteiger partial charge on any atom is 0.275 e. The fourth-order valence-corrected chi connectivity index (χ4v) is 7.61. The van der Waals surface area contributed by atoms with Crippen LogP contribution < -0.4 is 16.0 Å². The van der Waals surface area contributed by atoms with E-state index in [0.717, 1.165) is 36.1 Å². The second-order valence-corrected chi connectivity index (χ2v) is 13.6. The van der Waals surface area contributed by atoms with E-state index in [1.165, 1.54) is 27.6 Å². The van der Waals surface area contributed by atoms with E-state index in [2.05, 4.69) is 36.1 Å². The van der Waals surface area contributed by atoms with Crippen molar-refractivity contribution in [3.8, 4) is 0 Å². The number of amides is 4. The van der Waals surface area contributed by atoms with Gasteiger partial charge in [0.1, 0.15) is 21.4 Å². The number of hydrogen-bond donors (Lipinski definition) is 4. The van der Waals surface area contributed by atoms with Crippen LogP contribution in [0.1, 0.15) is 97.1 Å². The number of aryl methyl sites for hydroxylation is 1. The molecule has 1 aliphatic heterocycles. The molecule has 2 atom stereocenters. The highest BCUT2D eigenvalue weighted by Gasteiger charge is 2.30. The maximum atomic E-state index is 13.8. The summed E-state index contributed by atoms with van der Waals surface area (Å²) in [6.07, 6.45) is 3.41. The summed E-state index contributed by atoms with van der Waals surface area (Å²) in [6, 6.07) is 8.78. The van der Waals surface area contributed by atoms with Gasteiger partial charge >= 0.3 is 0 Å². The summed E-state index contributed by atoms with van der Waals surface area (Å²) in [5.41, 5.74) is 3.69. The van der Waals surface area contributed by atoms with Crippen molar-refractivity contribution in [3.63, 3.8) is 0 Å². The number of carbonyl (C=O) groups is 4. The number of H-pyrrole nitrogens is 1. The Balaban J connectivity index is 1.31. The van der Waals surface area contributed by atoms with E-state index in [0.29, 0.717) is 28.6 Å². The van der Waals surface area contributed by atoms with Gasteiger partial charge in [-0.1, -0.05) is 44.2 Å². The Morgan fingerprint density at radius 3 is 2.48 bits per heavy atom. The lowest BCUT2D eigenvalue weighted by Crippen LogP contribution is -2.43. The van der Waals surface area contributed by atoms with Crippen molar-refractivity contribution in [2.24, 2.45) is 5.92 Å². The van der Waals surface area contributed by atoms with Crippen LogP contribution in [0.4, 0.5) is 0 Å². The number of aromatic amines is 1. The molecule has 240 valence electrons. The molecule has 4 heterocycles. The van der Waals surface area contributed by atoms with Crippen LogP contribution >= 0.6 is 22.7 Å². The molecule has 4 bridgehead atoms. The maximum absolute atomic E-state index is 13.8. The third kappa shape index (κ3) is 7.02. The molecule has 0 radical (unpaired) electrons. The van der Waals surface area contributed by atoms with Crippen molar-refractivity contribution in [1.82, 2.24) is 41.0 Å². The minimum absolute atomic E-state index is 0.00242. The quantitative estimate of drug-likeness (QED) is 0.260. The van der Waals surface area contributed by atoms with Crippen LogP contribution in [-0.4, -0.2) is 68.3 Å². The van der Waals surface area contributed by atoms with Gasteiger partial charge in [0.05, 0.1) is 18.6 Å². The zero-order valence-electron chi connectivity index (χ0n) is 25.7. The number of nitrogens with one attached hydrogen (secondary N) is 4. The van der Waals surface area contributed by atoms with Crippen molar-refractivity contribution < 1.29 is 19.2 Å². The van der Waals surface area contributed by atoms with Gasteiger partial charge in [0.15, 0.2) is 5.69 Å². The topological polar surface area (TPSA) is 162 Å². The highest BCUT2D eigenvalue weighted by Crippen LogP contribution is 2.28. The minimum Gasteiger partial charge on any atom is -0.351 e. The minimum atomic E-state index is -0.531. The summed E-state index contributed by atoms with van der Waals surface area (Å²) < 4.78 is 0. The zero-order chi connectivity index (χ0) is 32.2. The average Bonchev–Trinajstić information content (AvgIpc) is 3.85. The highest BCUT2D eigenvalue weighted by atomic mass is 32.1. The molecule has 0 saturated carbocycles. The van der Waals surface area contributed by atoms with Gasteiger partial charge in [-0.3, -0.25) is 24.3 Å².